The number of carbonyl (C=O) groups excluding carboxylic acids is 1. The van der Waals surface area contributed by atoms with Crippen LogP contribution in [0.15, 0.2) is 36.4 Å². The Bertz CT molecular complexity index is 843. The summed E-state index contributed by atoms with van der Waals surface area (Å²) in [7, 11) is 0. The largest absolute Gasteiger partial charge is 0.399 e. The van der Waals surface area contributed by atoms with Crippen molar-refractivity contribution in [2.45, 2.75) is 19.4 Å². The lowest BCUT2D eigenvalue weighted by atomic mass is 10.1. The van der Waals surface area contributed by atoms with E-state index in [2.05, 4.69) is 10.6 Å². The van der Waals surface area contributed by atoms with Crippen LogP contribution < -0.4 is 16.4 Å². The van der Waals surface area contributed by atoms with Gasteiger partial charge in [0.05, 0.1) is 12.1 Å². The van der Waals surface area contributed by atoms with Gasteiger partial charge >= 0.3 is 0 Å². The first-order valence-electron chi connectivity index (χ1n) is 7.56. The van der Waals surface area contributed by atoms with E-state index in [1.54, 1.807) is 24.3 Å². The number of nitrogens with one attached hydrogen (secondary N) is 2. The van der Waals surface area contributed by atoms with Crippen molar-refractivity contribution >= 4 is 23.0 Å². The molecule has 0 saturated carbocycles. The first-order chi connectivity index (χ1) is 11.7. The lowest BCUT2D eigenvalue weighted by Crippen LogP contribution is -2.45. The average Bonchev–Trinajstić information content (AvgIpc) is 2.56. The van der Waals surface area contributed by atoms with E-state index >= 15 is 0 Å². The van der Waals surface area contributed by atoms with Crippen molar-refractivity contribution in [3.05, 3.63) is 53.3 Å². The minimum Gasteiger partial charge on any atom is -0.399 e. The van der Waals surface area contributed by atoms with Crippen LogP contribution in [-0.2, 0) is 4.79 Å². The molecule has 0 unspecified atom stereocenters. The van der Waals surface area contributed by atoms with Crippen molar-refractivity contribution in [1.82, 2.24) is 0 Å². The average molecular weight is 342 g/mol. The summed E-state index contributed by atoms with van der Waals surface area (Å²) in [4.78, 5) is 12.3. The van der Waals surface area contributed by atoms with Crippen LogP contribution in [-0.4, -0.2) is 23.2 Å². The van der Waals surface area contributed by atoms with Crippen molar-refractivity contribution in [2.24, 2.45) is 0 Å². The number of hydrogen-bond donors (Lipinski definition) is 4. The molecule has 1 atom stereocenters. The molecule has 0 aromatic heterocycles. The first kappa shape index (κ1) is 18.2. The van der Waals surface area contributed by atoms with E-state index in [0.29, 0.717) is 17.1 Å². The van der Waals surface area contributed by atoms with Gasteiger partial charge in [-0.25, -0.2) is 4.39 Å². The fraction of sp³-hybridized carbons (Fsp3) is 0.222. The molecule has 0 aliphatic carbocycles. The molecule has 2 aromatic carbocycles. The van der Waals surface area contributed by atoms with Gasteiger partial charge in [-0.3, -0.25) is 4.79 Å². The lowest BCUT2D eigenvalue weighted by Gasteiger charge is -2.23. The second-order valence-corrected chi connectivity index (χ2v) is 5.96. The number of carbonyl (C=O) groups is 1. The summed E-state index contributed by atoms with van der Waals surface area (Å²) < 4.78 is 13.6. The number of hydrogen-bond acceptors (Lipinski definition) is 5. The van der Waals surface area contributed by atoms with Gasteiger partial charge < -0.3 is 21.5 Å². The smallest absolute Gasteiger partial charge is 0.257 e. The number of nitrogen functional groups attached to an aromatic ring is 1. The second-order valence-electron chi connectivity index (χ2n) is 5.96. The topological polar surface area (TPSA) is 111 Å². The maximum absolute atomic E-state index is 13.6. The van der Waals surface area contributed by atoms with Gasteiger partial charge in [0.2, 0.25) is 0 Å². The number of amides is 1. The molecule has 130 valence electrons. The highest BCUT2D eigenvalue weighted by atomic mass is 19.1. The quantitative estimate of drug-likeness (QED) is 0.624. The summed E-state index contributed by atoms with van der Waals surface area (Å²) in [5.41, 5.74) is 6.20. The Morgan fingerprint density at radius 3 is 2.60 bits per heavy atom. The monoisotopic (exact) mass is 342 g/mol. The van der Waals surface area contributed by atoms with Crippen molar-refractivity contribution < 1.29 is 14.3 Å². The molecule has 25 heavy (non-hydrogen) atoms. The van der Waals surface area contributed by atoms with Gasteiger partial charge in [-0.2, -0.15) is 5.26 Å². The number of aliphatic hydroxyl groups is 1. The SMILES string of the molecule is Cc1cc(NC(=O)[C@@](C)(O)CNc2ccc(C#N)c(F)c2)ccc1N. The zero-order valence-electron chi connectivity index (χ0n) is 13.9. The minimum absolute atomic E-state index is 0.0752. The van der Waals surface area contributed by atoms with Gasteiger partial charge in [-0.05, 0) is 55.8 Å². The maximum atomic E-state index is 13.6. The van der Waals surface area contributed by atoms with Gasteiger partial charge in [0.25, 0.3) is 5.91 Å². The Kier molecular flexibility index (Phi) is 5.25. The Hall–Kier alpha value is -3.11. The number of nitrogens with two attached hydrogens (primary N) is 1. The fourth-order valence-corrected chi connectivity index (χ4v) is 2.09. The summed E-state index contributed by atoms with van der Waals surface area (Å²) in [6.45, 7) is 3.02. The van der Waals surface area contributed by atoms with Crippen LogP contribution in [0.1, 0.15) is 18.1 Å². The second kappa shape index (κ2) is 7.20. The summed E-state index contributed by atoms with van der Waals surface area (Å²) in [6, 6.07) is 10.7. The van der Waals surface area contributed by atoms with Crippen LogP contribution in [0.2, 0.25) is 0 Å². The Morgan fingerprint density at radius 1 is 1.32 bits per heavy atom. The molecule has 0 bridgehead atoms. The fourth-order valence-electron chi connectivity index (χ4n) is 2.09. The zero-order chi connectivity index (χ0) is 18.6. The van der Waals surface area contributed by atoms with Gasteiger partial charge in [0.15, 0.2) is 5.60 Å². The van der Waals surface area contributed by atoms with E-state index in [-0.39, 0.29) is 12.1 Å². The predicted octanol–water partition coefficient (Wildman–Crippen LogP) is 2.39. The van der Waals surface area contributed by atoms with Gasteiger partial charge in [-0.15, -0.1) is 0 Å². The Morgan fingerprint density at radius 2 is 2.00 bits per heavy atom. The van der Waals surface area contributed by atoms with Crippen LogP contribution in [0.3, 0.4) is 0 Å². The molecule has 0 radical (unpaired) electrons. The van der Waals surface area contributed by atoms with Crippen molar-refractivity contribution in [3.63, 3.8) is 0 Å². The zero-order valence-corrected chi connectivity index (χ0v) is 13.9. The van der Waals surface area contributed by atoms with Crippen molar-refractivity contribution in [2.75, 3.05) is 22.9 Å². The van der Waals surface area contributed by atoms with E-state index in [0.717, 1.165) is 11.6 Å². The third-order valence-electron chi connectivity index (χ3n) is 3.74. The molecule has 0 heterocycles. The molecule has 0 fully saturated rings. The standard InChI is InChI=1S/C18H19FN4O2/c1-11-7-14(5-6-16(11)21)23-17(24)18(2,25)10-22-13-4-3-12(9-20)15(19)8-13/h3-8,22,25H,10,21H2,1-2H3,(H,23,24)/t18-/m0/s1. The van der Waals surface area contributed by atoms with Gasteiger partial charge in [-0.1, -0.05) is 0 Å². The van der Waals surface area contributed by atoms with Crippen molar-refractivity contribution in [1.29, 1.82) is 5.26 Å². The minimum atomic E-state index is -1.74. The number of nitrogens with zero attached hydrogens (tertiary/aromatic N) is 1. The van der Waals surface area contributed by atoms with E-state index in [1.165, 1.54) is 19.1 Å². The summed E-state index contributed by atoms with van der Waals surface area (Å²) in [6.07, 6.45) is 0. The first-order valence-corrected chi connectivity index (χ1v) is 7.56. The van der Waals surface area contributed by atoms with Crippen molar-refractivity contribution in [3.8, 4) is 6.07 Å². The molecule has 0 aliphatic rings. The number of rotatable bonds is 5. The summed E-state index contributed by atoms with van der Waals surface area (Å²) in [5.74, 6) is -1.28. The third kappa shape index (κ3) is 4.46. The molecular weight excluding hydrogens is 323 g/mol. The molecule has 2 rings (SSSR count). The number of nitriles is 1. The van der Waals surface area contributed by atoms with Crippen LogP contribution >= 0.6 is 0 Å². The van der Waals surface area contributed by atoms with Gasteiger partial charge in [0.1, 0.15) is 11.9 Å². The van der Waals surface area contributed by atoms with E-state index in [9.17, 15) is 14.3 Å². The number of benzene rings is 2. The number of halogens is 1. The molecule has 0 spiro atoms. The maximum Gasteiger partial charge on any atom is 0.257 e. The highest BCUT2D eigenvalue weighted by Gasteiger charge is 2.30. The van der Waals surface area contributed by atoms with Crippen LogP contribution in [0, 0.1) is 24.1 Å². The molecule has 0 saturated heterocycles. The highest BCUT2D eigenvalue weighted by molar-refractivity contribution is 5.97. The molecule has 2 aromatic rings. The van der Waals surface area contributed by atoms with Crippen LogP contribution in [0.5, 0.6) is 0 Å². The van der Waals surface area contributed by atoms with Gasteiger partial charge in [0, 0.05) is 17.1 Å². The number of aryl methyl sites for hydroxylation is 1. The van der Waals surface area contributed by atoms with Crippen LogP contribution in [0.4, 0.5) is 21.5 Å². The molecule has 1 amide bonds. The molecule has 0 aliphatic heterocycles. The Balaban J connectivity index is 2.02. The number of anilines is 3. The Labute approximate surface area is 145 Å². The predicted molar refractivity (Wildman–Crippen MR) is 94.4 cm³/mol. The normalized spacial score (nSPS) is 12.8. The summed E-state index contributed by atoms with van der Waals surface area (Å²) in [5, 5.41) is 24.5. The van der Waals surface area contributed by atoms with E-state index < -0.39 is 17.3 Å². The third-order valence-corrected chi connectivity index (χ3v) is 3.74. The lowest BCUT2D eigenvalue weighted by molar-refractivity contribution is -0.131. The van der Waals surface area contributed by atoms with Crippen LogP contribution in [0.25, 0.3) is 0 Å². The highest BCUT2D eigenvalue weighted by Crippen LogP contribution is 2.19. The molecular formula is C18H19FN4O2. The van der Waals surface area contributed by atoms with E-state index in [1.807, 2.05) is 6.92 Å². The molecule has 6 nitrogen and oxygen atoms in total. The molecule has 7 heteroatoms. The molecule has 5 N–H and O–H groups in total. The van der Waals surface area contributed by atoms with E-state index in [4.69, 9.17) is 11.0 Å². The summed E-state index contributed by atoms with van der Waals surface area (Å²) >= 11 is 0.